The first kappa shape index (κ1) is 49.1. The number of ether oxygens (including phenoxy) is 2. The van der Waals surface area contributed by atoms with Crippen LogP contribution < -0.4 is 0 Å². The van der Waals surface area contributed by atoms with Crippen LogP contribution in [0.15, 0.2) is 0 Å². The van der Waals surface area contributed by atoms with Gasteiger partial charge in [0.1, 0.15) is 0 Å². The van der Waals surface area contributed by atoms with Gasteiger partial charge in [0.05, 0.1) is 14.2 Å². The van der Waals surface area contributed by atoms with Crippen LogP contribution in [0.2, 0.25) is 0 Å². The molecule has 0 bridgehead atoms. The van der Waals surface area contributed by atoms with E-state index in [2.05, 4.69) is 9.47 Å². The van der Waals surface area contributed by atoms with Crippen molar-refractivity contribution in [1.29, 1.82) is 0 Å². The topological polar surface area (TPSA) is 139 Å². The predicted octanol–water partition coefficient (Wildman–Crippen LogP) is 5.48. The molecule has 0 N–H and O–H groups in total. The van der Waals surface area contributed by atoms with Gasteiger partial charge < -0.3 is 9.47 Å². The molecule has 36 heteroatoms. The maximum Gasteiger partial charge on any atom is 0.442 e. The van der Waals surface area contributed by atoms with Crippen LogP contribution in [0.5, 0.6) is 0 Å². The van der Waals surface area contributed by atoms with Gasteiger partial charge in [0.2, 0.25) is 0 Å². The zero-order valence-electron chi connectivity index (χ0n) is 23.0. The molecule has 0 aromatic rings. The fraction of sp³-hybridized carbons (Fsp3) is 0.875. The van der Waals surface area contributed by atoms with Gasteiger partial charge >= 0.3 is 104 Å². The van der Waals surface area contributed by atoms with Crippen molar-refractivity contribution >= 4 is 32.9 Å². The van der Waals surface area contributed by atoms with Gasteiger partial charge in [0.25, 0.3) is 0 Å². The molecule has 0 saturated heterocycles. The van der Waals surface area contributed by atoms with E-state index in [9.17, 15) is 104 Å². The molecule has 0 aliphatic rings. The van der Waals surface area contributed by atoms with Crippen LogP contribution in [0.3, 0.4) is 0 Å². The van der Waals surface area contributed by atoms with Crippen molar-refractivity contribution in [3.63, 3.8) is 0 Å². The van der Waals surface area contributed by atoms with Crippen molar-refractivity contribution in [1.82, 2.24) is 0 Å². The molecule has 0 aliphatic heterocycles. The first-order valence-corrected chi connectivity index (χ1v) is 13.4. The monoisotopic (exact) mass is 878 g/mol. The molecule has 52 heavy (non-hydrogen) atoms. The summed E-state index contributed by atoms with van der Waals surface area (Å²) in [6.45, 7) is 0. The van der Waals surface area contributed by atoms with E-state index in [4.69, 9.17) is 0 Å². The molecule has 0 aromatic carbocycles. The zero-order valence-corrected chi connectivity index (χ0v) is 24.6. The summed E-state index contributed by atoms with van der Waals surface area (Å²) < 4.78 is 389. The maximum atomic E-state index is 15.9. The summed E-state index contributed by atoms with van der Waals surface area (Å²) >= 11 is 0. The van der Waals surface area contributed by atoms with E-state index in [1.165, 1.54) is 8.37 Å². The first-order valence-electron chi connectivity index (χ1n) is 10.8. The van der Waals surface area contributed by atoms with Crippen LogP contribution in [0, 0.1) is 0 Å². The van der Waals surface area contributed by atoms with Gasteiger partial charge in [-0.3, -0.25) is 0 Å². The number of hydrogen-bond acceptors (Lipinski definition) is 10. The van der Waals surface area contributed by atoms with Crippen molar-refractivity contribution in [3.8, 4) is 0 Å². The lowest BCUT2D eigenvalue weighted by Gasteiger charge is -2.50. The molecule has 10 nitrogen and oxygen atoms in total. The summed E-state index contributed by atoms with van der Waals surface area (Å²) in [6.07, 6.45) is -35.2. The van der Waals surface area contributed by atoms with E-state index in [0.29, 0.717) is 0 Å². The van der Waals surface area contributed by atoms with Gasteiger partial charge in [-0.25, -0.2) is 27.2 Å². The highest BCUT2D eigenvalue weighted by Gasteiger charge is 3.03. The number of alkyl halides is 22. The SMILES string of the molecule is COC(=O)C(F)(C(F)(F)C(F)(F)C(F)(C(F)(F)F)C(F)(F)OS(=O)(=O)F)C(F)(C(=O)OC)C(F)(F)C(F)(F)C(F)(C(F)(F)F)C(F)(F)OS(=O)(=O)F. The van der Waals surface area contributed by atoms with Crippen LogP contribution in [-0.4, -0.2) is 114 Å². The minimum atomic E-state index is -9.78. The minimum absolute atomic E-state index is 1.05. The number of halogens is 24. The summed E-state index contributed by atoms with van der Waals surface area (Å²) in [7, 11) is -18.4. The van der Waals surface area contributed by atoms with Gasteiger partial charge in [-0.05, 0) is 0 Å². The molecular weight excluding hydrogens is 872 g/mol. The summed E-state index contributed by atoms with van der Waals surface area (Å²) in [5.74, 6) is -49.6. The standard InChI is InChI=1S/C16H6F24O10S2/c1-47-3(41)5(17,9(21,22)11(25,26)7(19,13(29,30)31)15(35,36)49-51(39,43)44)6(18,4(42)48-2)10(23,24)12(27,28)8(20,14(32,33)34)16(37,38)50-52(40,45)46/h1-2H3. The molecule has 0 spiro atoms. The molecule has 0 rings (SSSR count). The Morgan fingerprint density at radius 2 is 0.596 bits per heavy atom. The Morgan fingerprint density at radius 1 is 0.404 bits per heavy atom. The molecule has 0 aliphatic carbocycles. The predicted molar refractivity (Wildman–Crippen MR) is 103 cm³/mol. The second kappa shape index (κ2) is 12.8. The van der Waals surface area contributed by atoms with Crippen LogP contribution in [0.25, 0.3) is 0 Å². The zero-order chi connectivity index (χ0) is 43.0. The van der Waals surface area contributed by atoms with Crippen LogP contribution >= 0.6 is 0 Å². The minimum Gasteiger partial charge on any atom is -0.466 e. The number of methoxy groups -OCH3 is 2. The normalized spacial score (nSPS) is 19.8. The summed E-state index contributed by atoms with van der Waals surface area (Å²) in [5, 5.41) is 0. The Balaban J connectivity index is 9.06. The molecule has 4 atom stereocenters. The van der Waals surface area contributed by atoms with E-state index < -0.39 is 118 Å². The van der Waals surface area contributed by atoms with Crippen molar-refractivity contribution < 1.29 is 149 Å². The highest BCUT2D eigenvalue weighted by atomic mass is 32.3. The van der Waals surface area contributed by atoms with E-state index in [1.807, 2.05) is 0 Å². The van der Waals surface area contributed by atoms with E-state index in [0.717, 1.165) is 0 Å². The second-order valence-corrected chi connectivity index (χ2v) is 10.8. The van der Waals surface area contributed by atoms with E-state index in [1.54, 1.807) is 0 Å². The third-order valence-electron chi connectivity index (χ3n) is 5.92. The number of rotatable bonds is 15. The number of esters is 2. The quantitative estimate of drug-likeness (QED) is 0.118. The average molecular weight is 878 g/mol. The van der Waals surface area contributed by atoms with Gasteiger partial charge in [0.15, 0.2) is 0 Å². The molecule has 4 unspecified atom stereocenters. The number of carbonyl (C=O) groups is 2. The van der Waals surface area contributed by atoms with Crippen molar-refractivity contribution in [2.45, 2.75) is 70.9 Å². The largest absolute Gasteiger partial charge is 0.466 e. The second-order valence-electron chi connectivity index (χ2n) is 8.90. The fourth-order valence-electron chi connectivity index (χ4n) is 3.53. The van der Waals surface area contributed by atoms with Crippen molar-refractivity contribution in [3.05, 3.63) is 0 Å². The van der Waals surface area contributed by atoms with Crippen LogP contribution in [-0.2, 0) is 48.4 Å². The van der Waals surface area contributed by atoms with E-state index in [-0.39, 0.29) is 0 Å². The van der Waals surface area contributed by atoms with Crippen LogP contribution in [0.1, 0.15) is 0 Å². The van der Waals surface area contributed by atoms with Gasteiger partial charge in [-0.15, -0.1) is 0 Å². The average Bonchev–Trinajstić information content (AvgIpc) is 2.89. The molecular formula is C16H6F24O10S2. The Bertz CT molecular complexity index is 1490. The molecule has 310 valence electrons. The molecule has 0 aromatic heterocycles. The van der Waals surface area contributed by atoms with Gasteiger partial charge in [0, 0.05) is 0 Å². The van der Waals surface area contributed by atoms with Crippen molar-refractivity contribution in [2.24, 2.45) is 0 Å². The Kier molecular flexibility index (Phi) is 12.1. The van der Waals surface area contributed by atoms with Gasteiger partial charge in [-0.1, -0.05) is 7.77 Å². The Morgan fingerprint density at radius 3 is 0.731 bits per heavy atom. The van der Waals surface area contributed by atoms with Crippen molar-refractivity contribution in [2.75, 3.05) is 14.2 Å². The highest BCUT2D eigenvalue weighted by molar-refractivity contribution is 7.81. The third kappa shape index (κ3) is 6.49. The highest BCUT2D eigenvalue weighted by Crippen LogP contribution is 2.69. The fourth-order valence-corrected chi connectivity index (χ4v) is 4.26. The van der Waals surface area contributed by atoms with Gasteiger partial charge in [-0.2, -0.15) is 104 Å². The maximum absolute atomic E-state index is 15.9. The number of carbonyl (C=O) groups excluding carboxylic acids is 2. The summed E-state index contributed by atoms with van der Waals surface area (Å²) in [5.41, 5.74) is -37.3. The molecule has 0 fully saturated rings. The molecule has 0 heterocycles. The summed E-state index contributed by atoms with van der Waals surface area (Å²) in [4.78, 5) is 23.6. The Labute approximate surface area is 267 Å². The Hall–Kier alpha value is -2.92. The summed E-state index contributed by atoms with van der Waals surface area (Å²) in [6, 6.07) is 0. The first-order chi connectivity index (χ1) is 22.1. The lowest BCUT2D eigenvalue weighted by atomic mass is 9.68. The molecule has 0 amide bonds. The smallest absolute Gasteiger partial charge is 0.442 e. The third-order valence-corrected chi connectivity index (χ3v) is 6.74. The molecule has 0 radical (unpaired) electrons. The van der Waals surface area contributed by atoms with Crippen LogP contribution in [0.4, 0.5) is 104 Å². The van der Waals surface area contributed by atoms with E-state index >= 15 is 26.3 Å². The lowest BCUT2D eigenvalue weighted by Crippen LogP contribution is -2.86. The molecule has 0 saturated carbocycles. The lowest BCUT2D eigenvalue weighted by molar-refractivity contribution is -0.463. The number of hydrogen-bond donors (Lipinski definition) is 0.